The van der Waals surface area contributed by atoms with Gasteiger partial charge in [-0.15, -0.1) is 0 Å². The molecule has 1 aliphatic rings. The number of carbonyl (C=O) groups is 1. The molecule has 1 atom stereocenters. The average Bonchev–Trinajstić information content (AvgIpc) is 2.87. The Bertz CT molecular complexity index is 637. The number of hydrogen-bond acceptors (Lipinski definition) is 5. The van der Waals surface area contributed by atoms with Crippen LogP contribution in [0.3, 0.4) is 0 Å². The maximum atomic E-state index is 11.9. The van der Waals surface area contributed by atoms with Gasteiger partial charge in [0, 0.05) is 23.7 Å². The van der Waals surface area contributed by atoms with Gasteiger partial charge in [-0.25, -0.2) is 0 Å². The SMILES string of the molecule is CC(NC(=O)C1CNC1)c1noc(-c2ccc(Cl)cc2)n1. The molecule has 7 heteroatoms. The van der Waals surface area contributed by atoms with Crippen molar-refractivity contribution in [2.45, 2.75) is 13.0 Å². The van der Waals surface area contributed by atoms with E-state index in [1.807, 2.05) is 19.1 Å². The molecule has 1 aliphatic heterocycles. The van der Waals surface area contributed by atoms with Gasteiger partial charge in [-0.3, -0.25) is 4.79 Å². The van der Waals surface area contributed by atoms with Crippen molar-refractivity contribution in [3.05, 3.63) is 35.1 Å². The first-order chi connectivity index (χ1) is 10.1. The highest BCUT2D eigenvalue weighted by Crippen LogP contribution is 2.21. The van der Waals surface area contributed by atoms with Crippen LogP contribution in [-0.4, -0.2) is 29.1 Å². The molecule has 2 N–H and O–H groups in total. The van der Waals surface area contributed by atoms with Crippen LogP contribution in [0, 0.1) is 5.92 Å². The van der Waals surface area contributed by atoms with Gasteiger partial charge in [0.2, 0.25) is 5.91 Å². The Hall–Kier alpha value is -1.92. The first-order valence-corrected chi connectivity index (χ1v) is 7.12. The zero-order valence-corrected chi connectivity index (χ0v) is 12.2. The smallest absolute Gasteiger partial charge is 0.257 e. The van der Waals surface area contributed by atoms with Gasteiger partial charge in [-0.1, -0.05) is 16.8 Å². The van der Waals surface area contributed by atoms with Crippen molar-refractivity contribution in [2.75, 3.05) is 13.1 Å². The molecule has 21 heavy (non-hydrogen) atoms. The van der Waals surface area contributed by atoms with Crippen molar-refractivity contribution in [1.82, 2.24) is 20.8 Å². The summed E-state index contributed by atoms with van der Waals surface area (Å²) >= 11 is 5.84. The molecule has 0 aliphatic carbocycles. The summed E-state index contributed by atoms with van der Waals surface area (Å²) in [6, 6.07) is 6.85. The molecule has 1 saturated heterocycles. The molecule has 1 aromatic heterocycles. The van der Waals surface area contributed by atoms with Gasteiger partial charge >= 0.3 is 0 Å². The van der Waals surface area contributed by atoms with E-state index in [1.165, 1.54) is 0 Å². The number of benzene rings is 1. The fourth-order valence-corrected chi connectivity index (χ4v) is 2.12. The number of amides is 1. The quantitative estimate of drug-likeness (QED) is 0.900. The van der Waals surface area contributed by atoms with Crippen LogP contribution >= 0.6 is 11.6 Å². The van der Waals surface area contributed by atoms with Crippen molar-refractivity contribution in [2.24, 2.45) is 5.92 Å². The summed E-state index contributed by atoms with van der Waals surface area (Å²) in [5, 5.41) is 10.5. The van der Waals surface area contributed by atoms with Gasteiger partial charge in [0.15, 0.2) is 5.82 Å². The van der Waals surface area contributed by atoms with E-state index in [2.05, 4.69) is 20.8 Å². The number of hydrogen-bond donors (Lipinski definition) is 2. The molecule has 2 heterocycles. The lowest BCUT2D eigenvalue weighted by Crippen LogP contribution is -2.51. The second-order valence-corrected chi connectivity index (χ2v) is 5.49. The van der Waals surface area contributed by atoms with Crippen molar-refractivity contribution in [3.63, 3.8) is 0 Å². The van der Waals surface area contributed by atoms with Gasteiger partial charge in [-0.2, -0.15) is 4.98 Å². The molecular weight excluding hydrogens is 292 g/mol. The lowest BCUT2D eigenvalue weighted by Gasteiger charge is -2.26. The van der Waals surface area contributed by atoms with E-state index < -0.39 is 0 Å². The highest BCUT2D eigenvalue weighted by Gasteiger charge is 2.27. The molecule has 0 radical (unpaired) electrons. The number of nitrogens with zero attached hydrogens (tertiary/aromatic N) is 2. The predicted octanol–water partition coefficient (Wildman–Crippen LogP) is 1.79. The van der Waals surface area contributed by atoms with Gasteiger partial charge in [-0.05, 0) is 31.2 Å². The third kappa shape index (κ3) is 3.06. The number of halogens is 1. The second kappa shape index (κ2) is 5.83. The molecule has 0 bridgehead atoms. The molecule has 0 saturated carbocycles. The van der Waals surface area contributed by atoms with Crippen LogP contribution in [0.1, 0.15) is 18.8 Å². The summed E-state index contributed by atoms with van der Waals surface area (Å²) in [7, 11) is 0. The molecular formula is C14H15ClN4O2. The molecule has 6 nitrogen and oxygen atoms in total. The molecule has 0 spiro atoms. The van der Waals surface area contributed by atoms with Crippen molar-refractivity contribution in [1.29, 1.82) is 0 Å². The van der Waals surface area contributed by atoms with Crippen LogP contribution in [0.25, 0.3) is 11.5 Å². The Balaban J connectivity index is 1.68. The van der Waals surface area contributed by atoms with E-state index in [-0.39, 0.29) is 17.9 Å². The second-order valence-electron chi connectivity index (χ2n) is 5.05. The minimum Gasteiger partial charge on any atom is -0.346 e. The van der Waals surface area contributed by atoms with Crippen LogP contribution < -0.4 is 10.6 Å². The van der Waals surface area contributed by atoms with E-state index in [1.54, 1.807) is 12.1 Å². The molecule has 2 aromatic rings. The minimum atomic E-state index is -0.289. The van der Waals surface area contributed by atoms with E-state index >= 15 is 0 Å². The minimum absolute atomic E-state index is 0.0130. The fourth-order valence-electron chi connectivity index (χ4n) is 1.99. The Morgan fingerprint density at radius 3 is 2.76 bits per heavy atom. The Labute approximate surface area is 126 Å². The predicted molar refractivity (Wildman–Crippen MR) is 77.7 cm³/mol. The van der Waals surface area contributed by atoms with Crippen LogP contribution in [0.4, 0.5) is 0 Å². The van der Waals surface area contributed by atoms with Crippen LogP contribution in [0.5, 0.6) is 0 Å². The van der Waals surface area contributed by atoms with Crippen molar-refractivity contribution < 1.29 is 9.32 Å². The zero-order chi connectivity index (χ0) is 14.8. The van der Waals surface area contributed by atoms with Crippen LogP contribution in [0.2, 0.25) is 5.02 Å². The maximum absolute atomic E-state index is 11.9. The summed E-state index contributed by atoms with van der Waals surface area (Å²) < 4.78 is 5.23. The molecule has 1 amide bonds. The average molecular weight is 307 g/mol. The largest absolute Gasteiger partial charge is 0.346 e. The highest BCUT2D eigenvalue weighted by atomic mass is 35.5. The number of nitrogens with one attached hydrogen (secondary N) is 2. The third-order valence-electron chi connectivity index (χ3n) is 3.43. The van der Waals surface area contributed by atoms with Gasteiger partial charge < -0.3 is 15.2 Å². The van der Waals surface area contributed by atoms with Crippen LogP contribution in [0.15, 0.2) is 28.8 Å². The Morgan fingerprint density at radius 2 is 2.14 bits per heavy atom. The Kier molecular flexibility index (Phi) is 3.90. The van der Waals surface area contributed by atoms with Crippen molar-refractivity contribution in [3.8, 4) is 11.5 Å². The monoisotopic (exact) mass is 306 g/mol. The van der Waals surface area contributed by atoms with E-state index in [0.29, 0.717) is 16.7 Å². The van der Waals surface area contributed by atoms with E-state index in [0.717, 1.165) is 18.7 Å². The highest BCUT2D eigenvalue weighted by molar-refractivity contribution is 6.30. The topological polar surface area (TPSA) is 80.0 Å². The lowest BCUT2D eigenvalue weighted by molar-refractivity contribution is -0.127. The molecule has 1 unspecified atom stereocenters. The van der Waals surface area contributed by atoms with E-state index in [4.69, 9.17) is 16.1 Å². The summed E-state index contributed by atoms with van der Waals surface area (Å²) in [5.74, 6) is 0.919. The Morgan fingerprint density at radius 1 is 1.43 bits per heavy atom. The third-order valence-corrected chi connectivity index (χ3v) is 3.68. The standard InChI is InChI=1S/C14H15ClN4O2/c1-8(17-13(20)10-6-16-7-10)12-18-14(21-19-12)9-2-4-11(15)5-3-9/h2-5,8,10,16H,6-7H2,1H3,(H,17,20). The first kappa shape index (κ1) is 14.0. The maximum Gasteiger partial charge on any atom is 0.257 e. The molecule has 1 aromatic carbocycles. The molecule has 1 fully saturated rings. The van der Waals surface area contributed by atoms with Gasteiger partial charge in [0.1, 0.15) is 0 Å². The molecule has 3 rings (SSSR count). The molecule has 110 valence electrons. The summed E-state index contributed by atoms with van der Waals surface area (Å²) in [4.78, 5) is 16.2. The number of carbonyl (C=O) groups excluding carboxylic acids is 1. The number of rotatable bonds is 4. The number of aromatic nitrogens is 2. The van der Waals surface area contributed by atoms with Gasteiger partial charge in [0.25, 0.3) is 5.89 Å². The fraction of sp³-hybridized carbons (Fsp3) is 0.357. The summed E-state index contributed by atoms with van der Waals surface area (Å²) in [6.45, 7) is 3.28. The van der Waals surface area contributed by atoms with Crippen molar-refractivity contribution >= 4 is 17.5 Å². The lowest BCUT2D eigenvalue weighted by atomic mass is 10.0. The zero-order valence-electron chi connectivity index (χ0n) is 11.5. The summed E-state index contributed by atoms with van der Waals surface area (Å²) in [6.07, 6.45) is 0. The first-order valence-electron chi connectivity index (χ1n) is 6.74. The van der Waals surface area contributed by atoms with Crippen LogP contribution in [-0.2, 0) is 4.79 Å². The van der Waals surface area contributed by atoms with E-state index in [9.17, 15) is 4.79 Å². The van der Waals surface area contributed by atoms with Gasteiger partial charge in [0.05, 0.1) is 12.0 Å². The normalized spacial score (nSPS) is 16.3. The summed E-state index contributed by atoms with van der Waals surface area (Å²) in [5.41, 5.74) is 0.792.